The number of amides is 1. The summed E-state index contributed by atoms with van der Waals surface area (Å²) in [7, 11) is 2.03. The molecule has 1 aliphatic heterocycles. The third kappa shape index (κ3) is 3.19. The normalized spacial score (nSPS) is 28.2. The van der Waals surface area contributed by atoms with Gasteiger partial charge in [0.05, 0.1) is 6.04 Å². The second kappa shape index (κ2) is 6.21. The summed E-state index contributed by atoms with van der Waals surface area (Å²) in [4.78, 5) is 16.5. The first-order chi connectivity index (χ1) is 7.60. The van der Waals surface area contributed by atoms with E-state index in [-0.39, 0.29) is 11.9 Å². The van der Waals surface area contributed by atoms with Gasteiger partial charge in [-0.3, -0.25) is 9.69 Å². The fourth-order valence-corrected chi connectivity index (χ4v) is 2.52. The molecule has 2 unspecified atom stereocenters. The van der Waals surface area contributed by atoms with Crippen LogP contribution in [0.5, 0.6) is 0 Å². The largest absolute Gasteiger partial charge is 0.341 e. The quantitative estimate of drug-likeness (QED) is 0.762. The molecule has 1 rings (SSSR count). The van der Waals surface area contributed by atoms with Crippen LogP contribution in [0.1, 0.15) is 26.7 Å². The number of carbonyl (C=O) groups excluding carboxylic acids is 1. The summed E-state index contributed by atoms with van der Waals surface area (Å²) < 4.78 is 0. The molecule has 0 saturated carbocycles. The topological polar surface area (TPSA) is 49.6 Å². The molecule has 0 aliphatic carbocycles. The van der Waals surface area contributed by atoms with Crippen LogP contribution in [-0.4, -0.2) is 55.0 Å². The summed E-state index contributed by atoms with van der Waals surface area (Å²) in [5.74, 6) is 0.808. The van der Waals surface area contributed by atoms with Crippen molar-refractivity contribution in [1.82, 2.24) is 9.80 Å². The molecule has 2 N–H and O–H groups in total. The van der Waals surface area contributed by atoms with Crippen LogP contribution in [-0.2, 0) is 4.79 Å². The monoisotopic (exact) mass is 227 g/mol. The maximum atomic E-state index is 12.3. The van der Waals surface area contributed by atoms with Gasteiger partial charge in [0.2, 0.25) is 5.91 Å². The first kappa shape index (κ1) is 13.5. The Hall–Kier alpha value is -0.610. The van der Waals surface area contributed by atoms with E-state index in [0.717, 1.165) is 32.5 Å². The van der Waals surface area contributed by atoms with Gasteiger partial charge >= 0.3 is 0 Å². The number of hydrogen-bond acceptors (Lipinski definition) is 3. The molecule has 1 amide bonds. The Morgan fingerprint density at radius 1 is 1.44 bits per heavy atom. The molecule has 1 aliphatic rings. The lowest BCUT2D eigenvalue weighted by molar-refractivity contribution is -0.135. The highest BCUT2D eigenvalue weighted by Gasteiger charge is 2.31. The number of hydrogen-bond donors (Lipinski definition) is 1. The second-order valence-corrected chi connectivity index (χ2v) is 4.92. The van der Waals surface area contributed by atoms with Crippen molar-refractivity contribution < 1.29 is 4.79 Å². The molecular formula is C12H25N3O. The Morgan fingerprint density at radius 2 is 2.12 bits per heavy atom. The summed E-state index contributed by atoms with van der Waals surface area (Å²) in [5.41, 5.74) is 5.59. The minimum atomic E-state index is -0.0125. The van der Waals surface area contributed by atoms with Crippen molar-refractivity contribution in [2.24, 2.45) is 11.7 Å². The van der Waals surface area contributed by atoms with E-state index < -0.39 is 0 Å². The van der Waals surface area contributed by atoms with Crippen LogP contribution in [0.15, 0.2) is 0 Å². The van der Waals surface area contributed by atoms with E-state index in [4.69, 9.17) is 5.73 Å². The standard InChI is InChI=1S/C12H25N3O/c1-4-7-15-9-10(2)8-14(3)11(5-6-13)12(15)16/h10-11H,4-9,13H2,1-3H3. The third-order valence-electron chi connectivity index (χ3n) is 3.19. The maximum Gasteiger partial charge on any atom is 0.239 e. The van der Waals surface area contributed by atoms with E-state index in [1.165, 1.54) is 0 Å². The summed E-state index contributed by atoms with van der Waals surface area (Å²) in [6, 6.07) is -0.0125. The van der Waals surface area contributed by atoms with Gasteiger partial charge in [0.15, 0.2) is 0 Å². The average Bonchev–Trinajstić information content (AvgIpc) is 2.31. The molecule has 1 saturated heterocycles. The van der Waals surface area contributed by atoms with Crippen LogP contribution in [0.3, 0.4) is 0 Å². The third-order valence-corrected chi connectivity index (χ3v) is 3.19. The lowest BCUT2D eigenvalue weighted by Gasteiger charge is -2.27. The van der Waals surface area contributed by atoms with Crippen molar-refractivity contribution in [2.75, 3.05) is 33.2 Å². The summed E-state index contributed by atoms with van der Waals surface area (Å²) in [5, 5.41) is 0. The SMILES string of the molecule is CCCN1CC(C)CN(C)C(CCN)C1=O. The molecule has 0 aromatic heterocycles. The minimum Gasteiger partial charge on any atom is -0.341 e. The van der Waals surface area contributed by atoms with E-state index in [9.17, 15) is 4.79 Å². The number of rotatable bonds is 4. The molecule has 0 spiro atoms. The molecule has 2 atom stereocenters. The van der Waals surface area contributed by atoms with Crippen molar-refractivity contribution >= 4 is 5.91 Å². The first-order valence-electron chi connectivity index (χ1n) is 6.29. The van der Waals surface area contributed by atoms with Crippen LogP contribution in [0.25, 0.3) is 0 Å². The van der Waals surface area contributed by atoms with E-state index in [0.29, 0.717) is 12.5 Å². The van der Waals surface area contributed by atoms with Gasteiger partial charge in [-0.2, -0.15) is 0 Å². The van der Waals surface area contributed by atoms with Crippen molar-refractivity contribution in [3.05, 3.63) is 0 Å². The van der Waals surface area contributed by atoms with E-state index in [2.05, 4.69) is 18.7 Å². The molecule has 0 radical (unpaired) electrons. The number of nitrogens with zero attached hydrogens (tertiary/aromatic N) is 2. The number of nitrogens with two attached hydrogens (primary N) is 1. The van der Waals surface area contributed by atoms with Crippen LogP contribution < -0.4 is 5.73 Å². The lowest BCUT2D eigenvalue weighted by atomic mass is 10.1. The summed E-state index contributed by atoms with van der Waals surface area (Å²) in [6.45, 7) is 7.64. The van der Waals surface area contributed by atoms with Crippen LogP contribution in [0, 0.1) is 5.92 Å². The van der Waals surface area contributed by atoms with Gasteiger partial charge < -0.3 is 10.6 Å². The van der Waals surface area contributed by atoms with Crippen molar-refractivity contribution in [1.29, 1.82) is 0 Å². The Kier molecular flexibility index (Phi) is 5.22. The lowest BCUT2D eigenvalue weighted by Crippen LogP contribution is -2.45. The fraction of sp³-hybridized carbons (Fsp3) is 0.917. The zero-order valence-electron chi connectivity index (χ0n) is 10.8. The fourth-order valence-electron chi connectivity index (χ4n) is 2.52. The van der Waals surface area contributed by atoms with E-state index in [1.54, 1.807) is 0 Å². The van der Waals surface area contributed by atoms with Crippen molar-refractivity contribution in [3.63, 3.8) is 0 Å². The van der Waals surface area contributed by atoms with Crippen LogP contribution in [0.2, 0.25) is 0 Å². The van der Waals surface area contributed by atoms with Crippen molar-refractivity contribution in [3.8, 4) is 0 Å². The van der Waals surface area contributed by atoms with Gasteiger partial charge in [0.1, 0.15) is 0 Å². The van der Waals surface area contributed by atoms with Gasteiger partial charge in [0, 0.05) is 19.6 Å². The van der Waals surface area contributed by atoms with Gasteiger partial charge in [-0.25, -0.2) is 0 Å². The Balaban J connectivity index is 2.77. The molecule has 1 fully saturated rings. The Bertz CT molecular complexity index is 232. The van der Waals surface area contributed by atoms with Gasteiger partial charge in [-0.05, 0) is 32.4 Å². The highest BCUT2D eigenvalue weighted by molar-refractivity contribution is 5.82. The molecule has 4 nitrogen and oxygen atoms in total. The molecule has 1 heterocycles. The average molecular weight is 227 g/mol. The molecule has 0 aromatic rings. The Morgan fingerprint density at radius 3 is 2.69 bits per heavy atom. The highest BCUT2D eigenvalue weighted by Crippen LogP contribution is 2.16. The highest BCUT2D eigenvalue weighted by atomic mass is 16.2. The van der Waals surface area contributed by atoms with E-state index in [1.807, 2.05) is 11.9 Å². The smallest absolute Gasteiger partial charge is 0.239 e. The molecule has 94 valence electrons. The number of likely N-dealkylation sites (N-methyl/N-ethyl adjacent to an activating group) is 1. The number of carbonyl (C=O) groups is 1. The van der Waals surface area contributed by atoms with Crippen LogP contribution >= 0.6 is 0 Å². The van der Waals surface area contributed by atoms with Gasteiger partial charge in [0.25, 0.3) is 0 Å². The zero-order valence-corrected chi connectivity index (χ0v) is 10.8. The minimum absolute atomic E-state index is 0.0125. The predicted octanol–water partition coefficient (Wildman–Crippen LogP) is 0.524. The molecular weight excluding hydrogens is 202 g/mol. The zero-order chi connectivity index (χ0) is 12.1. The molecule has 0 aromatic carbocycles. The van der Waals surface area contributed by atoms with Crippen LogP contribution in [0.4, 0.5) is 0 Å². The molecule has 4 heteroatoms. The van der Waals surface area contributed by atoms with E-state index >= 15 is 0 Å². The maximum absolute atomic E-state index is 12.3. The van der Waals surface area contributed by atoms with Crippen molar-refractivity contribution in [2.45, 2.75) is 32.7 Å². The molecule has 0 bridgehead atoms. The Labute approximate surface area is 98.8 Å². The first-order valence-corrected chi connectivity index (χ1v) is 6.29. The molecule has 16 heavy (non-hydrogen) atoms. The van der Waals surface area contributed by atoms with Gasteiger partial charge in [-0.15, -0.1) is 0 Å². The predicted molar refractivity (Wildman–Crippen MR) is 66.1 cm³/mol. The summed E-state index contributed by atoms with van der Waals surface area (Å²) >= 11 is 0. The van der Waals surface area contributed by atoms with Gasteiger partial charge in [-0.1, -0.05) is 13.8 Å². The second-order valence-electron chi connectivity index (χ2n) is 4.92. The summed E-state index contributed by atoms with van der Waals surface area (Å²) in [6.07, 6.45) is 1.79.